The molecule has 2 saturated heterocycles. The van der Waals surface area contributed by atoms with Crippen molar-refractivity contribution in [3.63, 3.8) is 0 Å². The zero-order valence-electron chi connectivity index (χ0n) is 11.7. The molecule has 2 aliphatic rings. The highest BCUT2D eigenvalue weighted by Crippen LogP contribution is 2.22. The number of aromatic nitrogens is 2. The van der Waals surface area contributed by atoms with E-state index >= 15 is 0 Å². The van der Waals surface area contributed by atoms with Gasteiger partial charge in [0, 0.05) is 45.3 Å². The van der Waals surface area contributed by atoms with Gasteiger partial charge >= 0.3 is 0 Å². The lowest BCUT2D eigenvalue weighted by Crippen LogP contribution is -2.44. The predicted molar refractivity (Wildman–Crippen MR) is 77.9 cm³/mol. The number of rotatable bonds is 2. The minimum absolute atomic E-state index is 0.886. The molecular weight excluding hydrogens is 238 g/mol. The fraction of sp³-hybridized carbons (Fsp3) is 0.714. The molecule has 0 saturated carbocycles. The first kappa shape index (κ1) is 12.7. The van der Waals surface area contributed by atoms with Crippen molar-refractivity contribution in [3.05, 3.63) is 11.9 Å². The van der Waals surface area contributed by atoms with Crippen molar-refractivity contribution >= 4 is 11.6 Å². The molecule has 19 heavy (non-hydrogen) atoms. The third-order valence-electron chi connectivity index (χ3n) is 3.93. The van der Waals surface area contributed by atoms with Gasteiger partial charge in [-0.3, -0.25) is 0 Å². The third-order valence-corrected chi connectivity index (χ3v) is 3.93. The molecule has 0 spiro atoms. The maximum absolute atomic E-state index is 4.62. The Morgan fingerprint density at radius 3 is 2.11 bits per heavy atom. The molecule has 5 heteroatoms. The number of aryl methyl sites for hydroxylation is 1. The van der Waals surface area contributed by atoms with Crippen molar-refractivity contribution < 1.29 is 0 Å². The highest BCUT2D eigenvalue weighted by atomic mass is 15.3. The number of anilines is 2. The lowest BCUT2D eigenvalue weighted by atomic mass is 10.1. The molecule has 0 unspecified atom stereocenters. The molecule has 1 N–H and O–H groups in total. The van der Waals surface area contributed by atoms with Gasteiger partial charge in [0.2, 0.25) is 0 Å². The molecule has 2 aliphatic heterocycles. The van der Waals surface area contributed by atoms with Crippen LogP contribution in [0.5, 0.6) is 0 Å². The average molecular weight is 261 g/mol. The zero-order chi connectivity index (χ0) is 13.1. The van der Waals surface area contributed by atoms with E-state index in [4.69, 9.17) is 0 Å². The van der Waals surface area contributed by atoms with E-state index in [1.807, 2.05) is 6.92 Å². The third kappa shape index (κ3) is 2.97. The molecule has 0 bridgehead atoms. The van der Waals surface area contributed by atoms with Crippen LogP contribution < -0.4 is 15.1 Å². The highest BCUT2D eigenvalue weighted by molar-refractivity contribution is 5.51. The topological polar surface area (TPSA) is 44.3 Å². The number of hydrogen-bond acceptors (Lipinski definition) is 5. The van der Waals surface area contributed by atoms with Gasteiger partial charge in [-0.1, -0.05) is 0 Å². The maximum atomic E-state index is 4.62. The quantitative estimate of drug-likeness (QED) is 0.866. The van der Waals surface area contributed by atoms with Crippen LogP contribution in [-0.2, 0) is 0 Å². The van der Waals surface area contributed by atoms with E-state index in [1.165, 1.54) is 19.3 Å². The van der Waals surface area contributed by atoms with Crippen LogP contribution >= 0.6 is 0 Å². The van der Waals surface area contributed by atoms with Crippen molar-refractivity contribution in [2.45, 2.75) is 26.2 Å². The van der Waals surface area contributed by atoms with Gasteiger partial charge < -0.3 is 15.1 Å². The van der Waals surface area contributed by atoms with E-state index < -0.39 is 0 Å². The molecule has 0 aliphatic carbocycles. The van der Waals surface area contributed by atoms with E-state index in [1.54, 1.807) is 0 Å². The second kappa shape index (κ2) is 5.74. The summed E-state index contributed by atoms with van der Waals surface area (Å²) in [6, 6.07) is 2.17. The Bertz CT molecular complexity index is 386. The molecule has 1 aromatic heterocycles. The van der Waals surface area contributed by atoms with Crippen molar-refractivity contribution in [1.29, 1.82) is 0 Å². The van der Waals surface area contributed by atoms with Crippen LogP contribution in [0.25, 0.3) is 0 Å². The molecule has 5 nitrogen and oxygen atoms in total. The Hall–Kier alpha value is -1.36. The first-order chi connectivity index (χ1) is 9.33. The van der Waals surface area contributed by atoms with Gasteiger partial charge in [0.05, 0.1) is 0 Å². The van der Waals surface area contributed by atoms with Crippen LogP contribution in [0.1, 0.15) is 25.1 Å². The fourth-order valence-electron chi connectivity index (χ4n) is 2.88. The summed E-state index contributed by atoms with van der Waals surface area (Å²) in [5.41, 5.74) is 0. The van der Waals surface area contributed by atoms with Gasteiger partial charge in [-0.25, -0.2) is 9.97 Å². The first-order valence-electron chi connectivity index (χ1n) is 7.39. The van der Waals surface area contributed by atoms with Crippen molar-refractivity contribution in [2.24, 2.45) is 0 Å². The summed E-state index contributed by atoms with van der Waals surface area (Å²) in [6.45, 7) is 8.43. The predicted octanol–water partition coefficient (Wildman–Crippen LogP) is 1.18. The van der Waals surface area contributed by atoms with Crippen molar-refractivity contribution in [1.82, 2.24) is 15.3 Å². The first-order valence-corrected chi connectivity index (χ1v) is 7.39. The van der Waals surface area contributed by atoms with Gasteiger partial charge in [0.25, 0.3) is 0 Å². The summed E-state index contributed by atoms with van der Waals surface area (Å²) in [4.78, 5) is 14.0. The van der Waals surface area contributed by atoms with E-state index in [0.29, 0.717) is 0 Å². The second-order valence-corrected chi connectivity index (χ2v) is 5.42. The lowest BCUT2D eigenvalue weighted by Gasteiger charge is -2.31. The Morgan fingerprint density at radius 2 is 1.47 bits per heavy atom. The van der Waals surface area contributed by atoms with E-state index in [2.05, 4.69) is 31.2 Å². The van der Waals surface area contributed by atoms with Crippen molar-refractivity contribution in [3.8, 4) is 0 Å². The summed E-state index contributed by atoms with van der Waals surface area (Å²) in [6.07, 6.45) is 3.92. The Morgan fingerprint density at radius 1 is 0.895 bits per heavy atom. The molecule has 3 rings (SSSR count). The van der Waals surface area contributed by atoms with Gasteiger partial charge in [-0.05, 0) is 26.2 Å². The largest absolute Gasteiger partial charge is 0.356 e. The molecule has 0 aromatic carbocycles. The van der Waals surface area contributed by atoms with Crippen molar-refractivity contribution in [2.75, 3.05) is 49.1 Å². The minimum atomic E-state index is 0.886. The van der Waals surface area contributed by atoms with E-state index in [-0.39, 0.29) is 0 Å². The number of piperidine rings is 1. The normalized spacial score (nSPS) is 20.7. The van der Waals surface area contributed by atoms with Crippen LogP contribution in [0.4, 0.5) is 11.6 Å². The summed E-state index contributed by atoms with van der Waals surface area (Å²) in [7, 11) is 0. The number of nitrogens with zero attached hydrogens (tertiary/aromatic N) is 4. The van der Waals surface area contributed by atoms with Gasteiger partial charge in [0.1, 0.15) is 17.5 Å². The average Bonchev–Trinajstić information content (AvgIpc) is 2.48. The van der Waals surface area contributed by atoms with E-state index in [9.17, 15) is 0 Å². The summed E-state index contributed by atoms with van der Waals surface area (Å²) >= 11 is 0. The monoisotopic (exact) mass is 261 g/mol. The van der Waals surface area contributed by atoms with Crippen LogP contribution in [0.2, 0.25) is 0 Å². The number of piperazine rings is 1. The van der Waals surface area contributed by atoms with Gasteiger partial charge in [-0.2, -0.15) is 0 Å². The van der Waals surface area contributed by atoms with Crippen LogP contribution in [0.3, 0.4) is 0 Å². The molecule has 0 amide bonds. The molecule has 2 fully saturated rings. The van der Waals surface area contributed by atoms with Gasteiger partial charge in [-0.15, -0.1) is 0 Å². The molecule has 3 heterocycles. The van der Waals surface area contributed by atoms with E-state index in [0.717, 1.165) is 56.7 Å². The zero-order valence-corrected chi connectivity index (χ0v) is 11.7. The maximum Gasteiger partial charge on any atom is 0.134 e. The summed E-state index contributed by atoms with van der Waals surface area (Å²) in [5.74, 6) is 3.09. The minimum Gasteiger partial charge on any atom is -0.356 e. The summed E-state index contributed by atoms with van der Waals surface area (Å²) in [5, 5.41) is 3.38. The molecule has 1 aromatic rings. The SMILES string of the molecule is Cc1nc(N2CCCCC2)cc(N2CCNCC2)n1. The molecule has 104 valence electrons. The number of hydrogen-bond donors (Lipinski definition) is 1. The second-order valence-electron chi connectivity index (χ2n) is 5.42. The highest BCUT2D eigenvalue weighted by Gasteiger charge is 2.17. The summed E-state index contributed by atoms with van der Waals surface area (Å²) < 4.78 is 0. The Balaban J connectivity index is 1.82. The van der Waals surface area contributed by atoms with Gasteiger partial charge in [0.15, 0.2) is 0 Å². The van der Waals surface area contributed by atoms with Crippen LogP contribution in [0, 0.1) is 6.92 Å². The van der Waals surface area contributed by atoms with Crippen LogP contribution in [-0.4, -0.2) is 49.2 Å². The standard InChI is InChI=1S/C14H23N5/c1-12-16-13(18-7-3-2-4-8-18)11-14(17-12)19-9-5-15-6-10-19/h11,15H,2-10H2,1H3. The Kier molecular flexibility index (Phi) is 3.82. The molecule has 0 radical (unpaired) electrons. The van der Waals surface area contributed by atoms with Crippen LogP contribution in [0.15, 0.2) is 6.07 Å². The fourth-order valence-corrected chi connectivity index (χ4v) is 2.88. The molecule has 0 atom stereocenters. The number of nitrogens with one attached hydrogen (secondary N) is 1. The Labute approximate surface area is 115 Å². The smallest absolute Gasteiger partial charge is 0.134 e. The molecular formula is C14H23N5. The lowest BCUT2D eigenvalue weighted by molar-refractivity contribution is 0.569.